The Labute approximate surface area is 149 Å². The number of hydrogen-bond donors (Lipinski definition) is 1. The van der Waals surface area contributed by atoms with E-state index >= 15 is 0 Å². The molecule has 0 spiro atoms. The molecule has 0 radical (unpaired) electrons. The predicted octanol–water partition coefficient (Wildman–Crippen LogP) is 1.70. The Hall–Kier alpha value is -2.53. The summed E-state index contributed by atoms with van der Waals surface area (Å²) in [7, 11) is 0. The van der Waals surface area contributed by atoms with Crippen molar-refractivity contribution in [2.75, 3.05) is 13.1 Å². The summed E-state index contributed by atoms with van der Waals surface area (Å²) in [5, 5.41) is 24.8. The molecule has 2 heterocycles. The maximum atomic E-state index is 10.9. The maximum Gasteiger partial charge on any atom is 0.434 e. The highest BCUT2D eigenvalue weighted by atomic mass is 35.5. The van der Waals surface area contributed by atoms with E-state index in [0.29, 0.717) is 25.5 Å². The SMILES string of the molecule is Cc1ncc([N+](=O)[O-])n1CCNCCCCn1ccnc1[N+](=O)[O-].Cl. The van der Waals surface area contributed by atoms with Crippen molar-refractivity contribution in [1.29, 1.82) is 0 Å². The highest BCUT2D eigenvalue weighted by Crippen LogP contribution is 2.12. The first-order chi connectivity index (χ1) is 11.5. The summed E-state index contributed by atoms with van der Waals surface area (Å²) < 4.78 is 3.07. The summed E-state index contributed by atoms with van der Waals surface area (Å²) in [6.07, 6.45) is 5.87. The van der Waals surface area contributed by atoms with Gasteiger partial charge in [0.15, 0.2) is 5.82 Å². The summed E-state index contributed by atoms with van der Waals surface area (Å²) in [5.41, 5.74) is 0. The van der Waals surface area contributed by atoms with E-state index in [2.05, 4.69) is 15.3 Å². The number of aryl methyl sites for hydroxylation is 2. The molecule has 0 unspecified atom stereocenters. The topological polar surface area (TPSA) is 134 Å². The molecule has 12 heteroatoms. The number of halogens is 1. The maximum absolute atomic E-state index is 10.9. The summed E-state index contributed by atoms with van der Waals surface area (Å²) >= 11 is 0. The Morgan fingerprint density at radius 1 is 1.12 bits per heavy atom. The van der Waals surface area contributed by atoms with Crippen LogP contribution in [0.3, 0.4) is 0 Å². The van der Waals surface area contributed by atoms with Gasteiger partial charge in [-0.25, -0.2) is 14.1 Å². The highest BCUT2D eigenvalue weighted by Gasteiger charge is 2.16. The minimum Gasteiger partial charge on any atom is -0.390 e. The number of hydrogen-bond acceptors (Lipinski definition) is 7. The van der Waals surface area contributed by atoms with Gasteiger partial charge in [0.1, 0.15) is 25.1 Å². The Bertz CT molecular complexity index is 715. The number of nitrogens with one attached hydrogen (secondary N) is 1. The average Bonchev–Trinajstić information content (AvgIpc) is 3.13. The van der Waals surface area contributed by atoms with Gasteiger partial charge in [-0.2, -0.15) is 0 Å². The molecule has 0 aromatic carbocycles. The normalized spacial score (nSPS) is 10.4. The number of imidazole rings is 2. The van der Waals surface area contributed by atoms with Crippen LogP contribution in [0.1, 0.15) is 18.7 Å². The molecule has 0 bridgehead atoms. The number of rotatable bonds is 10. The molecule has 0 aliphatic heterocycles. The van der Waals surface area contributed by atoms with Crippen LogP contribution in [0.5, 0.6) is 0 Å². The first-order valence-electron chi connectivity index (χ1n) is 7.53. The molecule has 0 atom stereocenters. The van der Waals surface area contributed by atoms with Gasteiger partial charge in [-0.15, -0.1) is 12.4 Å². The standard InChI is InChI=1S/C13H19N7O4.ClH/c1-11-16-10-12(19(21)22)18(11)9-5-14-4-2-3-7-17-8-6-15-13(17)20(23)24;/h6,8,10,14H,2-5,7,9H2,1H3;1H. The molecule has 2 rings (SSSR count). The van der Waals surface area contributed by atoms with Crippen molar-refractivity contribution in [2.24, 2.45) is 0 Å². The van der Waals surface area contributed by atoms with Gasteiger partial charge in [0.25, 0.3) is 0 Å². The third-order valence-corrected chi connectivity index (χ3v) is 3.59. The summed E-state index contributed by atoms with van der Waals surface area (Å²) in [4.78, 5) is 28.3. The van der Waals surface area contributed by atoms with E-state index in [4.69, 9.17) is 0 Å². The second kappa shape index (κ2) is 9.69. The van der Waals surface area contributed by atoms with E-state index in [1.54, 1.807) is 17.7 Å². The zero-order valence-corrected chi connectivity index (χ0v) is 14.5. The van der Waals surface area contributed by atoms with E-state index in [1.807, 2.05) is 0 Å². The lowest BCUT2D eigenvalue weighted by Gasteiger charge is -2.05. The molecule has 0 aliphatic carbocycles. The molecular weight excluding hydrogens is 354 g/mol. The molecule has 2 aromatic heterocycles. The largest absolute Gasteiger partial charge is 0.434 e. The highest BCUT2D eigenvalue weighted by molar-refractivity contribution is 5.85. The van der Waals surface area contributed by atoms with Crippen molar-refractivity contribution in [3.8, 4) is 0 Å². The predicted molar refractivity (Wildman–Crippen MR) is 91.9 cm³/mol. The van der Waals surface area contributed by atoms with Crippen LogP contribution in [0.4, 0.5) is 11.8 Å². The van der Waals surface area contributed by atoms with E-state index < -0.39 is 9.85 Å². The third kappa shape index (κ3) is 5.50. The van der Waals surface area contributed by atoms with E-state index in [9.17, 15) is 20.2 Å². The van der Waals surface area contributed by atoms with Gasteiger partial charge in [-0.3, -0.25) is 0 Å². The smallest absolute Gasteiger partial charge is 0.390 e. The summed E-state index contributed by atoms with van der Waals surface area (Å²) in [6.45, 7) is 4.04. The Morgan fingerprint density at radius 2 is 1.88 bits per heavy atom. The van der Waals surface area contributed by atoms with E-state index in [-0.39, 0.29) is 24.2 Å². The van der Waals surface area contributed by atoms with Gasteiger partial charge >= 0.3 is 11.8 Å². The fourth-order valence-corrected chi connectivity index (χ4v) is 2.37. The van der Waals surface area contributed by atoms with Crippen LogP contribution in [-0.4, -0.2) is 42.0 Å². The monoisotopic (exact) mass is 373 g/mol. The van der Waals surface area contributed by atoms with Gasteiger partial charge in [0.2, 0.25) is 0 Å². The lowest BCUT2D eigenvalue weighted by Crippen LogP contribution is -2.22. The van der Waals surface area contributed by atoms with Crippen molar-refractivity contribution in [1.82, 2.24) is 24.4 Å². The average molecular weight is 374 g/mol. The number of unbranched alkanes of at least 4 members (excludes halogenated alkanes) is 1. The lowest BCUT2D eigenvalue weighted by molar-refractivity contribution is -0.396. The lowest BCUT2D eigenvalue weighted by atomic mass is 10.3. The van der Waals surface area contributed by atoms with Crippen LogP contribution < -0.4 is 5.32 Å². The van der Waals surface area contributed by atoms with Gasteiger partial charge in [-0.1, -0.05) is 4.98 Å². The molecule has 0 saturated carbocycles. The van der Waals surface area contributed by atoms with Crippen molar-refractivity contribution >= 4 is 24.2 Å². The minimum atomic E-state index is -0.501. The molecule has 0 amide bonds. The fourth-order valence-electron chi connectivity index (χ4n) is 2.37. The molecule has 0 fully saturated rings. The Balaban J connectivity index is 0.00000312. The van der Waals surface area contributed by atoms with Crippen LogP contribution in [-0.2, 0) is 13.1 Å². The molecule has 0 aliphatic rings. The molecular formula is C13H20ClN7O4. The molecule has 2 aromatic rings. The number of aromatic nitrogens is 4. The summed E-state index contributed by atoms with van der Waals surface area (Å²) in [5.74, 6) is 0.448. The zero-order valence-electron chi connectivity index (χ0n) is 13.7. The molecule has 1 N–H and O–H groups in total. The zero-order chi connectivity index (χ0) is 17.5. The Morgan fingerprint density at radius 3 is 2.56 bits per heavy atom. The van der Waals surface area contributed by atoms with Crippen LogP contribution in [0.2, 0.25) is 0 Å². The quantitative estimate of drug-likeness (QED) is 0.380. The number of nitrogens with zero attached hydrogens (tertiary/aromatic N) is 6. The van der Waals surface area contributed by atoms with Crippen molar-refractivity contribution in [3.63, 3.8) is 0 Å². The van der Waals surface area contributed by atoms with Crippen LogP contribution in [0, 0.1) is 27.2 Å². The molecule has 11 nitrogen and oxygen atoms in total. The van der Waals surface area contributed by atoms with Crippen LogP contribution in [0.25, 0.3) is 0 Å². The van der Waals surface area contributed by atoms with Gasteiger partial charge in [-0.05, 0) is 29.2 Å². The third-order valence-electron chi connectivity index (χ3n) is 3.59. The first-order valence-corrected chi connectivity index (χ1v) is 7.53. The minimum absolute atomic E-state index is 0. The Kier molecular flexibility index (Phi) is 7.95. The second-order valence-corrected chi connectivity index (χ2v) is 5.21. The van der Waals surface area contributed by atoms with Crippen molar-refractivity contribution < 1.29 is 9.85 Å². The van der Waals surface area contributed by atoms with Gasteiger partial charge < -0.3 is 25.5 Å². The molecule has 0 saturated heterocycles. The van der Waals surface area contributed by atoms with Crippen molar-refractivity contribution in [2.45, 2.75) is 32.9 Å². The molecule has 138 valence electrons. The van der Waals surface area contributed by atoms with Crippen LogP contribution >= 0.6 is 12.4 Å². The van der Waals surface area contributed by atoms with E-state index in [0.717, 1.165) is 19.4 Å². The van der Waals surface area contributed by atoms with Gasteiger partial charge in [0, 0.05) is 13.5 Å². The first kappa shape index (κ1) is 20.5. The number of nitro groups is 2. The van der Waals surface area contributed by atoms with Crippen LogP contribution in [0.15, 0.2) is 18.6 Å². The summed E-state index contributed by atoms with van der Waals surface area (Å²) in [6, 6.07) is 0. The fraction of sp³-hybridized carbons (Fsp3) is 0.538. The van der Waals surface area contributed by atoms with E-state index in [1.165, 1.54) is 17.0 Å². The second-order valence-electron chi connectivity index (χ2n) is 5.21. The van der Waals surface area contributed by atoms with Crippen molar-refractivity contribution in [3.05, 3.63) is 44.6 Å². The molecule has 25 heavy (non-hydrogen) atoms. The van der Waals surface area contributed by atoms with Gasteiger partial charge in [0.05, 0.1) is 6.54 Å².